The van der Waals surface area contributed by atoms with Crippen LogP contribution in [0.1, 0.15) is 22.6 Å². The topological polar surface area (TPSA) is 78.4 Å². The van der Waals surface area contributed by atoms with Gasteiger partial charge in [-0.05, 0) is 18.5 Å². The Balaban J connectivity index is 1.99. The lowest BCUT2D eigenvalue weighted by Gasteiger charge is -2.32. The van der Waals surface area contributed by atoms with Gasteiger partial charge in [0.2, 0.25) is 5.01 Å². The summed E-state index contributed by atoms with van der Waals surface area (Å²) in [6.07, 6.45) is 0. The summed E-state index contributed by atoms with van der Waals surface area (Å²) in [5, 5.41) is 12.1. The molecule has 0 spiro atoms. The molecule has 6 nitrogen and oxygen atoms in total. The molecule has 88 valence electrons. The molecular weight excluding hydrogens is 228 g/mol. The first-order valence-corrected chi connectivity index (χ1v) is 5.95. The third-order valence-corrected chi connectivity index (χ3v) is 3.38. The minimum Gasteiger partial charge on any atom is -0.476 e. The third kappa shape index (κ3) is 2.55. The number of carbonyl (C=O) groups is 1. The number of carboxylic acid groups (broad SMARTS) is 1. The van der Waals surface area contributed by atoms with Crippen LogP contribution in [0.4, 0.5) is 0 Å². The van der Waals surface area contributed by atoms with Crippen LogP contribution in [0.15, 0.2) is 0 Å². The Labute approximate surface area is 97.5 Å². The molecule has 0 bridgehead atoms. The molecule has 1 atom stereocenters. The van der Waals surface area contributed by atoms with Crippen molar-refractivity contribution in [3.63, 3.8) is 0 Å². The van der Waals surface area contributed by atoms with E-state index in [0.29, 0.717) is 18.4 Å². The molecule has 1 aromatic heterocycles. The van der Waals surface area contributed by atoms with E-state index in [1.165, 1.54) is 0 Å². The molecule has 1 unspecified atom stereocenters. The molecule has 7 heteroatoms. The zero-order chi connectivity index (χ0) is 11.5. The summed E-state index contributed by atoms with van der Waals surface area (Å²) in [5.41, 5.74) is 0. The highest BCUT2D eigenvalue weighted by Crippen LogP contribution is 2.10. The van der Waals surface area contributed by atoms with Crippen LogP contribution < -0.4 is 5.32 Å². The molecule has 2 rings (SSSR count). The van der Waals surface area contributed by atoms with E-state index in [4.69, 9.17) is 5.11 Å². The van der Waals surface area contributed by atoms with Gasteiger partial charge in [-0.1, -0.05) is 0 Å². The maximum atomic E-state index is 10.7. The van der Waals surface area contributed by atoms with Crippen LogP contribution in [-0.4, -0.2) is 51.0 Å². The van der Waals surface area contributed by atoms with Crippen molar-refractivity contribution in [3.05, 3.63) is 10.8 Å². The Kier molecular flexibility index (Phi) is 3.47. The van der Waals surface area contributed by atoms with Crippen molar-refractivity contribution in [2.75, 3.05) is 19.6 Å². The maximum absolute atomic E-state index is 10.7. The minimum absolute atomic E-state index is 0.0674. The number of rotatable bonds is 3. The van der Waals surface area contributed by atoms with E-state index in [9.17, 15) is 4.79 Å². The largest absolute Gasteiger partial charge is 0.476 e. The summed E-state index contributed by atoms with van der Waals surface area (Å²) in [7, 11) is 0. The van der Waals surface area contributed by atoms with E-state index in [0.717, 1.165) is 31.2 Å². The van der Waals surface area contributed by atoms with Gasteiger partial charge in [0.15, 0.2) is 5.82 Å². The van der Waals surface area contributed by atoms with Gasteiger partial charge in [0, 0.05) is 25.7 Å². The number of nitrogens with zero attached hydrogens (tertiary/aromatic N) is 3. The van der Waals surface area contributed by atoms with E-state index in [-0.39, 0.29) is 5.01 Å². The molecule has 0 aliphatic carbocycles. The molecule has 2 N–H and O–H groups in total. The predicted octanol–water partition coefficient (Wildman–Crippen LogP) is 0.0300. The van der Waals surface area contributed by atoms with Crippen molar-refractivity contribution in [2.45, 2.75) is 19.5 Å². The standard InChI is InChI=1S/C9H14N4O2S/c1-6-4-10-2-3-13(6)5-7-11-8(9(14)15)16-12-7/h6,10H,2-5H2,1H3,(H,14,15). The highest BCUT2D eigenvalue weighted by molar-refractivity contribution is 7.07. The van der Waals surface area contributed by atoms with E-state index in [1.807, 2.05) is 0 Å². The number of hydrogen-bond donors (Lipinski definition) is 2. The quantitative estimate of drug-likeness (QED) is 0.778. The Morgan fingerprint density at radius 1 is 1.75 bits per heavy atom. The Morgan fingerprint density at radius 2 is 2.56 bits per heavy atom. The van der Waals surface area contributed by atoms with Crippen LogP contribution in [-0.2, 0) is 6.54 Å². The van der Waals surface area contributed by atoms with Gasteiger partial charge < -0.3 is 10.4 Å². The smallest absolute Gasteiger partial charge is 0.366 e. The molecule has 1 aromatic rings. The highest BCUT2D eigenvalue weighted by Gasteiger charge is 2.20. The van der Waals surface area contributed by atoms with E-state index < -0.39 is 5.97 Å². The van der Waals surface area contributed by atoms with Crippen LogP contribution in [0.5, 0.6) is 0 Å². The molecule has 1 saturated heterocycles. The molecule has 16 heavy (non-hydrogen) atoms. The SMILES string of the molecule is CC1CNCCN1Cc1nsc(C(=O)O)n1. The molecule has 1 aliphatic rings. The summed E-state index contributed by atoms with van der Waals surface area (Å²) in [5.74, 6) is -0.395. The maximum Gasteiger partial charge on any atom is 0.366 e. The molecular formula is C9H14N4O2S. The van der Waals surface area contributed by atoms with Crippen molar-refractivity contribution in [1.82, 2.24) is 19.6 Å². The molecule has 1 fully saturated rings. The molecule has 0 radical (unpaired) electrons. The zero-order valence-electron chi connectivity index (χ0n) is 9.01. The molecule has 0 aromatic carbocycles. The summed E-state index contributed by atoms with van der Waals surface area (Å²) in [4.78, 5) is 16.9. The van der Waals surface area contributed by atoms with Crippen LogP contribution in [0.3, 0.4) is 0 Å². The Bertz CT molecular complexity index is 381. The molecule has 2 heterocycles. The monoisotopic (exact) mass is 242 g/mol. The number of carboxylic acids is 1. The fourth-order valence-corrected chi connectivity index (χ4v) is 2.22. The normalized spacial score (nSPS) is 22.2. The molecule has 0 saturated carbocycles. The van der Waals surface area contributed by atoms with Crippen LogP contribution in [0.2, 0.25) is 0 Å². The summed E-state index contributed by atoms with van der Waals surface area (Å²) < 4.78 is 4.05. The van der Waals surface area contributed by atoms with E-state index in [1.54, 1.807) is 0 Å². The number of aromatic carboxylic acids is 1. The first kappa shape index (κ1) is 11.4. The van der Waals surface area contributed by atoms with Gasteiger partial charge in [0.1, 0.15) is 0 Å². The molecule has 1 aliphatic heterocycles. The van der Waals surface area contributed by atoms with Crippen LogP contribution >= 0.6 is 11.5 Å². The van der Waals surface area contributed by atoms with Crippen molar-refractivity contribution in [2.24, 2.45) is 0 Å². The van der Waals surface area contributed by atoms with Crippen molar-refractivity contribution in [3.8, 4) is 0 Å². The van der Waals surface area contributed by atoms with Gasteiger partial charge in [-0.25, -0.2) is 9.78 Å². The van der Waals surface area contributed by atoms with E-state index in [2.05, 4.69) is 26.5 Å². The second kappa shape index (κ2) is 4.86. The fourth-order valence-electron chi connectivity index (χ4n) is 1.70. The minimum atomic E-state index is -1.00. The first-order valence-electron chi connectivity index (χ1n) is 5.17. The van der Waals surface area contributed by atoms with Gasteiger partial charge in [0.05, 0.1) is 6.54 Å². The Hall–Kier alpha value is -1.05. The van der Waals surface area contributed by atoms with Crippen molar-refractivity contribution in [1.29, 1.82) is 0 Å². The lowest BCUT2D eigenvalue weighted by Crippen LogP contribution is -2.49. The van der Waals surface area contributed by atoms with E-state index >= 15 is 0 Å². The van der Waals surface area contributed by atoms with Crippen molar-refractivity contribution < 1.29 is 9.90 Å². The number of aromatic nitrogens is 2. The lowest BCUT2D eigenvalue weighted by molar-refractivity contribution is 0.0696. The van der Waals surface area contributed by atoms with Gasteiger partial charge in [0.25, 0.3) is 0 Å². The number of piperazine rings is 1. The Morgan fingerprint density at radius 3 is 3.19 bits per heavy atom. The number of nitrogens with one attached hydrogen (secondary N) is 1. The summed E-state index contributed by atoms with van der Waals surface area (Å²) in [6, 6.07) is 0.436. The second-order valence-corrected chi connectivity index (χ2v) is 4.60. The van der Waals surface area contributed by atoms with Gasteiger partial charge in [-0.2, -0.15) is 4.37 Å². The predicted molar refractivity (Wildman–Crippen MR) is 59.6 cm³/mol. The second-order valence-electron chi connectivity index (χ2n) is 3.84. The highest BCUT2D eigenvalue weighted by atomic mass is 32.1. The summed E-state index contributed by atoms with van der Waals surface area (Å²) in [6.45, 7) is 5.63. The third-order valence-electron chi connectivity index (χ3n) is 2.63. The lowest BCUT2D eigenvalue weighted by atomic mass is 10.2. The molecule has 0 amide bonds. The number of hydrogen-bond acceptors (Lipinski definition) is 6. The fraction of sp³-hybridized carbons (Fsp3) is 0.667. The zero-order valence-corrected chi connectivity index (χ0v) is 9.83. The average molecular weight is 242 g/mol. The van der Waals surface area contributed by atoms with Crippen LogP contribution in [0.25, 0.3) is 0 Å². The summed E-state index contributed by atoms with van der Waals surface area (Å²) >= 11 is 0.945. The average Bonchev–Trinajstić information content (AvgIpc) is 2.70. The van der Waals surface area contributed by atoms with Crippen molar-refractivity contribution >= 4 is 17.5 Å². The van der Waals surface area contributed by atoms with Gasteiger partial charge >= 0.3 is 5.97 Å². The van der Waals surface area contributed by atoms with Gasteiger partial charge in [-0.15, -0.1) is 0 Å². The first-order chi connectivity index (χ1) is 7.66. The van der Waals surface area contributed by atoms with Crippen LogP contribution in [0, 0.1) is 0 Å². The van der Waals surface area contributed by atoms with Gasteiger partial charge in [-0.3, -0.25) is 4.90 Å².